The predicted molar refractivity (Wildman–Crippen MR) is 77.8 cm³/mol. The van der Waals surface area contributed by atoms with Gasteiger partial charge in [0, 0.05) is 36.7 Å². The zero-order valence-electron chi connectivity index (χ0n) is 10.9. The first-order valence-corrected chi connectivity index (χ1v) is 7.34. The van der Waals surface area contributed by atoms with Gasteiger partial charge in [0.25, 0.3) is 0 Å². The third-order valence-corrected chi connectivity index (χ3v) is 4.08. The van der Waals surface area contributed by atoms with Gasteiger partial charge in [0.1, 0.15) is 0 Å². The van der Waals surface area contributed by atoms with Crippen LogP contribution in [-0.4, -0.2) is 44.3 Å². The third-order valence-electron chi connectivity index (χ3n) is 3.35. The van der Waals surface area contributed by atoms with Crippen LogP contribution in [0.15, 0.2) is 28.7 Å². The summed E-state index contributed by atoms with van der Waals surface area (Å²) in [5, 5.41) is 3.57. The Hall–Kier alpha value is -0.420. The Bertz CT molecular complexity index is 367. The van der Waals surface area contributed by atoms with Gasteiger partial charge in [-0.1, -0.05) is 34.1 Å². The first-order chi connectivity index (χ1) is 8.77. The van der Waals surface area contributed by atoms with Gasteiger partial charge in [-0.2, -0.15) is 0 Å². The van der Waals surface area contributed by atoms with Gasteiger partial charge in [-0.15, -0.1) is 0 Å². The quantitative estimate of drug-likeness (QED) is 0.903. The lowest BCUT2D eigenvalue weighted by Gasteiger charge is -2.27. The molecule has 18 heavy (non-hydrogen) atoms. The minimum atomic E-state index is 0.376. The van der Waals surface area contributed by atoms with Crippen LogP contribution >= 0.6 is 15.9 Å². The van der Waals surface area contributed by atoms with E-state index < -0.39 is 0 Å². The van der Waals surface area contributed by atoms with Gasteiger partial charge < -0.3 is 10.1 Å². The molecule has 0 aromatic heterocycles. The van der Waals surface area contributed by atoms with Crippen molar-refractivity contribution in [1.29, 1.82) is 0 Å². The molecule has 0 amide bonds. The molecule has 0 saturated carbocycles. The van der Waals surface area contributed by atoms with E-state index in [1.54, 1.807) is 0 Å². The lowest BCUT2D eigenvalue weighted by molar-refractivity contribution is 0.0382. The average Bonchev–Trinajstić information content (AvgIpc) is 2.40. The van der Waals surface area contributed by atoms with Gasteiger partial charge in [0.15, 0.2) is 0 Å². The molecule has 1 fully saturated rings. The molecule has 1 aliphatic rings. The van der Waals surface area contributed by atoms with E-state index in [2.05, 4.69) is 51.3 Å². The van der Waals surface area contributed by atoms with E-state index in [1.165, 1.54) is 10.0 Å². The summed E-state index contributed by atoms with van der Waals surface area (Å²) < 4.78 is 6.52. The van der Waals surface area contributed by atoms with Crippen LogP contribution < -0.4 is 5.32 Å². The molecular formula is C14H21BrN2O. The first-order valence-electron chi connectivity index (χ1n) is 6.55. The van der Waals surface area contributed by atoms with E-state index in [0.717, 1.165) is 39.4 Å². The Morgan fingerprint density at radius 2 is 2.06 bits per heavy atom. The minimum absolute atomic E-state index is 0.376. The molecule has 1 saturated heterocycles. The van der Waals surface area contributed by atoms with E-state index in [0.29, 0.717) is 6.04 Å². The highest BCUT2D eigenvalue weighted by Gasteiger charge is 2.11. The monoisotopic (exact) mass is 312 g/mol. The zero-order valence-corrected chi connectivity index (χ0v) is 12.4. The van der Waals surface area contributed by atoms with Crippen molar-refractivity contribution in [2.24, 2.45) is 0 Å². The molecule has 0 aliphatic carbocycles. The van der Waals surface area contributed by atoms with Gasteiger partial charge in [-0.3, -0.25) is 4.90 Å². The number of halogens is 1. The van der Waals surface area contributed by atoms with Gasteiger partial charge in [0.05, 0.1) is 13.2 Å². The summed E-state index contributed by atoms with van der Waals surface area (Å²) in [4.78, 5) is 2.45. The lowest BCUT2D eigenvalue weighted by atomic mass is 10.1. The fourth-order valence-corrected chi connectivity index (χ4v) is 2.83. The molecule has 1 aromatic carbocycles. The van der Waals surface area contributed by atoms with Crippen molar-refractivity contribution >= 4 is 15.9 Å². The summed E-state index contributed by atoms with van der Waals surface area (Å²) in [6, 6.07) is 8.77. The summed E-state index contributed by atoms with van der Waals surface area (Å²) in [6.07, 6.45) is 0. The second kappa shape index (κ2) is 7.24. The van der Waals surface area contributed by atoms with E-state index in [4.69, 9.17) is 4.74 Å². The molecule has 4 heteroatoms. The van der Waals surface area contributed by atoms with E-state index in [1.807, 2.05) is 6.07 Å². The number of hydrogen-bond acceptors (Lipinski definition) is 3. The number of hydrogen-bond donors (Lipinski definition) is 1. The van der Waals surface area contributed by atoms with Gasteiger partial charge in [-0.05, 0) is 18.6 Å². The number of benzene rings is 1. The second-order valence-electron chi connectivity index (χ2n) is 4.65. The van der Waals surface area contributed by atoms with E-state index in [-0.39, 0.29) is 0 Å². The highest BCUT2D eigenvalue weighted by Crippen LogP contribution is 2.22. The third kappa shape index (κ3) is 4.05. The minimum Gasteiger partial charge on any atom is -0.379 e. The topological polar surface area (TPSA) is 24.5 Å². The van der Waals surface area contributed by atoms with Crippen LogP contribution in [0.4, 0.5) is 0 Å². The maximum Gasteiger partial charge on any atom is 0.0594 e. The maximum absolute atomic E-state index is 5.34. The van der Waals surface area contributed by atoms with Crippen molar-refractivity contribution in [3.05, 3.63) is 34.3 Å². The molecule has 3 nitrogen and oxygen atoms in total. The first kappa shape index (κ1) is 14.0. The van der Waals surface area contributed by atoms with Crippen molar-refractivity contribution in [2.45, 2.75) is 13.0 Å². The van der Waals surface area contributed by atoms with Crippen LogP contribution in [0.1, 0.15) is 18.5 Å². The molecule has 1 atom stereocenters. The van der Waals surface area contributed by atoms with Gasteiger partial charge in [-0.25, -0.2) is 0 Å². The Morgan fingerprint density at radius 3 is 2.78 bits per heavy atom. The number of morpholine rings is 1. The molecular weight excluding hydrogens is 292 g/mol. The van der Waals surface area contributed by atoms with Crippen LogP contribution in [0.25, 0.3) is 0 Å². The SMILES string of the molecule is C[C@H](NCCN1CCOCC1)c1ccccc1Br. The molecule has 0 unspecified atom stereocenters. The van der Waals surface area contributed by atoms with E-state index >= 15 is 0 Å². The van der Waals surface area contributed by atoms with E-state index in [9.17, 15) is 0 Å². The van der Waals surface area contributed by atoms with Gasteiger partial charge >= 0.3 is 0 Å². The molecule has 0 radical (unpaired) electrons. The van der Waals surface area contributed by atoms with Crippen molar-refractivity contribution in [3.8, 4) is 0 Å². The summed E-state index contributed by atoms with van der Waals surface area (Å²) in [5.74, 6) is 0. The zero-order chi connectivity index (χ0) is 12.8. The second-order valence-corrected chi connectivity index (χ2v) is 5.51. The Morgan fingerprint density at radius 1 is 1.33 bits per heavy atom. The van der Waals surface area contributed by atoms with Crippen LogP contribution in [0, 0.1) is 0 Å². The smallest absolute Gasteiger partial charge is 0.0594 e. The van der Waals surface area contributed by atoms with Crippen molar-refractivity contribution < 1.29 is 4.74 Å². The normalized spacial score (nSPS) is 18.8. The highest BCUT2D eigenvalue weighted by molar-refractivity contribution is 9.10. The van der Waals surface area contributed by atoms with Crippen LogP contribution in [0.3, 0.4) is 0 Å². The molecule has 1 aromatic rings. The standard InChI is InChI=1S/C14H21BrN2O/c1-12(13-4-2-3-5-14(13)15)16-6-7-17-8-10-18-11-9-17/h2-5,12,16H,6-11H2,1H3/t12-/m0/s1. The molecule has 1 N–H and O–H groups in total. The largest absolute Gasteiger partial charge is 0.379 e. The highest BCUT2D eigenvalue weighted by atomic mass is 79.9. The molecule has 1 heterocycles. The molecule has 0 bridgehead atoms. The molecule has 0 spiro atoms. The Balaban J connectivity index is 1.74. The molecule has 2 rings (SSSR count). The summed E-state index contributed by atoms with van der Waals surface area (Å²) >= 11 is 3.60. The number of nitrogens with zero attached hydrogens (tertiary/aromatic N) is 1. The average molecular weight is 313 g/mol. The molecule has 100 valence electrons. The Kier molecular flexibility index (Phi) is 5.63. The fourth-order valence-electron chi connectivity index (χ4n) is 2.20. The van der Waals surface area contributed by atoms with Crippen LogP contribution in [0.5, 0.6) is 0 Å². The van der Waals surface area contributed by atoms with Crippen molar-refractivity contribution in [2.75, 3.05) is 39.4 Å². The molecule has 1 aliphatic heterocycles. The fraction of sp³-hybridized carbons (Fsp3) is 0.571. The van der Waals surface area contributed by atoms with Crippen LogP contribution in [0.2, 0.25) is 0 Å². The van der Waals surface area contributed by atoms with Gasteiger partial charge in [0.2, 0.25) is 0 Å². The van der Waals surface area contributed by atoms with Crippen molar-refractivity contribution in [1.82, 2.24) is 10.2 Å². The summed E-state index contributed by atoms with van der Waals surface area (Å²) in [5.41, 5.74) is 1.32. The van der Waals surface area contributed by atoms with Crippen LogP contribution in [-0.2, 0) is 4.74 Å². The Labute approximate surface area is 118 Å². The van der Waals surface area contributed by atoms with Crippen molar-refractivity contribution in [3.63, 3.8) is 0 Å². The number of nitrogens with one attached hydrogen (secondary N) is 1. The lowest BCUT2D eigenvalue weighted by Crippen LogP contribution is -2.40. The predicted octanol–water partition coefficient (Wildman–Crippen LogP) is 2.43. The number of ether oxygens (including phenoxy) is 1. The summed E-state index contributed by atoms with van der Waals surface area (Å²) in [6.45, 7) is 8.19. The summed E-state index contributed by atoms with van der Waals surface area (Å²) in [7, 11) is 0. The number of rotatable bonds is 5. The maximum atomic E-state index is 5.34.